The third-order valence-corrected chi connectivity index (χ3v) is 3.20. The summed E-state index contributed by atoms with van der Waals surface area (Å²) >= 11 is 0. The molecule has 2 rings (SSSR count). The van der Waals surface area contributed by atoms with E-state index in [4.69, 9.17) is 4.74 Å². The number of hydrogen-bond acceptors (Lipinski definition) is 2. The van der Waals surface area contributed by atoms with Gasteiger partial charge in [-0.25, -0.2) is 0 Å². The van der Waals surface area contributed by atoms with Crippen molar-refractivity contribution in [2.45, 2.75) is 19.8 Å². The fraction of sp³-hybridized carbons (Fsp3) is 0.278. The van der Waals surface area contributed by atoms with E-state index >= 15 is 0 Å². The van der Waals surface area contributed by atoms with Gasteiger partial charge in [-0.2, -0.15) is 0 Å². The van der Waals surface area contributed by atoms with Crippen molar-refractivity contribution in [3.05, 3.63) is 71.3 Å². The van der Waals surface area contributed by atoms with Gasteiger partial charge >= 0.3 is 0 Å². The maximum absolute atomic E-state index is 11.9. The summed E-state index contributed by atoms with van der Waals surface area (Å²) in [5, 5.41) is 0. The van der Waals surface area contributed by atoms with Gasteiger partial charge < -0.3 is 4.74 Å². The summed E-state index contributed by atoms with van der Waals surface area (Å²) < 4.78 is 5.45. The van der Waals surface area contributed by atoms with E-state index in [2.05, 4.69) is 12.1 Å². The molecule has 0 amide bonds. The second-order valence-corrected chi connectivity index (χ2v) is 4.93. The Hall–Kier alpha value is -1.93. The quantitative estimate of drug-likeness (QED) is 0.563. The molecule has 0 unspecified atom stereocenters. The Morgan fingerprint density at radius 2 is 1.70 bits per heavy atom. The lowest BCUT2D eigenvalue weighted by atomic mass is 10.1. The first-order chi connectivity index (χ1) is 9.75. The molecule has 2 heteroatoms. The molecule has 0 aliphatic carbocycles. The van der Waals surface area contributed by atoms with E-state index in [1.807, 2.05) is 49.4 Å². The van der Waals surface area contributed by atoms with Crippen LogP contribution in [0.25, 0.3) is 0 Å². The Labute approximate surface area is 120 Å². The minimum absolute atomic E-state index is 0.0460. The Morgan fingerprint density at radius 1 is 1.00 bits per heavy atom. The number of ether oxygens (including phenoxy) is 1. The van der Waals surface area contributed by atoms with Crippen LogP contribution < -0.4 is 0 Å². The maximum Gasteiger partial charge on any atom is 0.188 e. The van der Waals surface area contributed by atoms with E-state index < -0.39 is 0 Å². The van der Waals surface area contributed by atoms with Gasteiger partial charge in [-0.1, -0.05) is 60.2 Å². The van der Waals surface area contributed by atoms with Crippen LogP contribution in [0.3, 0.4) is 0 Å². The third-order valence-electron chi connectivity index (χ3n) is 3.20. The fourth-order valence-electron chi connectivity index (χ4n) is 2.01. The van der Waals surface area contributed by atoms with Gasteiger partial charge in [-0.3, -0.25) is 4.79 Å². The summed E-state index contributed by atoms with van der Waals surface area (Å²) in [7, 11) is 0. The van der Waals surface area contributed by atoms with Gasteiger partial charge in [0.05, 0.1) is 0 Å². The molecular formula is C18H20O2. The van der Waals surface area contributed by atoms with Crippen molar-refractivity contribution in [1.82, 2.24) is 0 Å². The first-order valence-corrected chi connectivity index (χ1v) is 6.97. The average molecular weight is 268 g/mol. The molecule has 0 aromatic heterocycles. The van der Waals surface area contributed by atoms with Gasteiger partial charge in [0.15, 0.2) is 5.78 Å². The second-order valence-electron chi connectivity index (χ2n) is 4.93. The summed E-state index contributed by atoms with van der Waals surface area (Å²) in [6, 6.07) is 17.9. The highest BCUT2D eigenvalue weighted by atomic mass is 16.5. The maximum atomic E-state index is 11.9. The first kappa shape index (κ1) is 14.5. The fourth-order valence-corrected chi connectivity index (χ4v) is 2.01. The Morgan fingerprint density at radius 3 is 2.40 bits per heavy atom. The number of aryl methyl sites for hydroxylation is 2. The van der Waals surface area contributed by atoms with E-state index in [0.29, 0.717) is 6.61 Å². The van der Waals surface area contributed by atoms with Crippen LogP contribution in [0.2, 0.25) is 0 Å². The summed E-state index contributed by atoms with van der Waals surface area (Å²) in [5.74, 6) is 0.0460. The van der Waals surface area contributed by atoms with Crippen molar-refractivity contribution in [3.63, 3.8) is 0 Å². The number of hydrogen-bond donors (Lipinski definition) is 0. The Bertz CT molecular complexity index is 529. The molecule has 0 atom stereocenters. The highest BCUT2D eigenvalue weighted by molar-refractivity contribution is 5.97. The molecule has 0 heterocycles. The lowest BCUT2D eigenvalue weighted by Crippen LogP contribution is -2.10. The summed E-state index contributed by atoms with van der Waals surface area (Å²) in [6.45, 7) is 2.79. The topological polar surface area (TPSA) is 26.3 Å². The molecular weight excluding hydrogens is 248 g/mol. The number of ketones is 1. The normalized spacial score (nSPS) is 10.4. The molecule has 2 nitrogen and oxygen atoms in total. The second kappa shape index (κ2) is 7.61. The van der Waals surface area contributed by atoms with Crippen LogP contribution in [0.5, 0.6) is 0 Å². The van der Waals surface area contributed by atoms with Crippen molar-refractivity contribution in [2.75, 3.05) is 13.2 Å². The molecule has 0 bridgehead atoms. The minimum Gasteiger partial charge on any atom is -0.373 e. The summed E-state index contributed by atoms with van der Waals surface area (Å²) in [5.41, 5.74) is 3.19. The standard InChI is InChI=1S/C18H20O2/c1-15-9-11-17(12-10-15)18(19)14-20-13-5-8-16-6-3-2-4-7-16/h2-4,6-7,9-12H,5,8,13-14H2,1H3. The number of benzene rings is 2. The van der Waals surface area contributed by atoms with Crippen LogP contribution in [-0.2, 0) is 11.2 Å². The van der Waals surface area contributed by atoms with E-state index in [1.165, 1.54) is 5.56 Å². The molecule has 0 aliphatic heterocycles. The average Bonchev–Trinajstić information content (AvgIpc) is 2.48. The SMILES string of the molecule is Cc1ccc(C(=O)COCCCc2ccccc2)cc1. The molecule has 0 aliphatic rings. The van der Waals surface area contributed by atoms with E-state index in [0.717, 1.165) is 24.0 Å². The highest BCUT2D eigenvalue weighted by Crippen LogP contribution is 2.05. The Kier molecular flexibility index (Phi) is 5.51. The molecule has 0 spiro atoms. The number of Topliss-reactive ketones (excluding diaryl/α,β-unsaturated/α-hetero) is 1. The van der Waals surface area contributed by atoms with Gasteiger partial charge in [0, 0.05) is 12.2 Å². The molecule has 0 fully saturated rings. The van der Waals surface area contributed by atoms with Crippen LogP contribution in [0.1, 0.15) is 27.9 Å². The predicted octanol–water partition coefficient (Wildman–Crippen LogP) is 3.83. The van der Waals surface area contributed by atoms with Gasteiger partial charge in [0.25, 0.3) is 0 Å². The van der Waals surface area contributed by atoms with Crippen molar-refractivity contribution in [1.29, 1.82) is 0 Å². The predicted molar refractivity (Wildman–Crippen MR) is 81.1 cm³/mol. The van der Waals surface area contributed by atoms with Crippen LogP contribution in [0.15, 0.2) is 54.6 Å². The van der Waals surface area contributed by atoms with Crippen LogP contribution in [0.4, 0.5) is 0 Å². The number of carbonyl (C=O) groups excluding carboxylic acids is 1. The van der Waals surface area contributed by atoms with Crippen molar-refractivity contribution in [2.24, 2.45) is 0 Å². The number of carbonyl (C=O) groups is 1. The summed E-state index contributed by atoms with van der Waals surface area (Å²) in [4.78, 5) is 11.9. The lowest BCUT2D eigenvalue weighted by Gasteiger charge is -2.04. The van der Waals surface area contributed by atoms with E-state index in [1.54, 1.807) is 0 Å². The van der Waals surface area contributed by atoms with Gasteiger partial charge in [-0.15, -0.1) is 0 Å². The smallest absolute Gasteiger partial charge is 0.188 e. The van der Waals surface area contributed by atoms with E-state index in [-0.39, 0.29) is 12.4 Å². The van der Waals surface area contributed by atoms with Gasteiger partial charge in [0.2, 0.25) is 0 Å². The van der Waals surface area contributed by atoms with E-state index in [9.17, 15) is 4.79 Å². The van der Waals surface area contributed by atoms with Crippen LogP contribution >= 0.6 is 0 Å². The zero-order chi connectivity index (χ0) is 14.2. The molecule has 2 aromatic carbocycles. The molecule has 20 heavy (non-hydrogen) atoms. The van der Waals surface area contributed by atoms with Crippen LogP contribution in [0, 0.1) is 6.92 Å². The summed E-state index contributed by atoms with van der Waals surface area (Å²) in [6.07, 6.45) is 1.92. The zero-order valence-electron chi connectivity index (χ0n) is 11.8. The number of rotatable bonds is 7. The first-order valence-electron chi connectivity index (χ1n) is 6.97. The van der Waals surface area contributed by atoms with Crippen molar-refractivity contribution < 1.29 is 9.53 Å². The molecule has 0 radical (unpaired) electrons. The Balaban J connectivity index is 1.66. The molecule has 2 aromatic rings. The van der Waals surface area contributed by atoms with Crippen LogP contribution in [-0.4, -0.2) is 19.0 Å². The van der Waals surface area contributed by atoms with Crippen molar-refractivity contribution >= 4 is 5.78 Å². The molecule has 0 N–H and O–H groups in total. The highest BCUT2D eigenvalue weighted by Gasteiger charge is 2.05. The zero-order valence-corrected chi connectivity index (χ0v) is 11.8. The minimum atomic E-state index is 0.0460. The van der Waals surface area contributed by atoms with Crippen molar-refractivity contribution in [3.8, 4) is 0 Å². The monoisotopic (exact) mass is 268 g/mol. The van der Waals surface area contributed by atoms with Gasteiger partial charge in [0.1, 0.15) is 6.61 Å². The molecule has 104 valence electrons. The largest absolute Gasteiger partial charge is 0.373 e. The molecule has 0 saturated heterocycles. The lowest BCUT2D eigenvalue weighted by molar-refractivity contribution is 0.0756. The van der Waals surface area contributed by atoms with Gasteiger partial charge in [-0.05, 0) is 25.3 Å². The third kappa shape index (κ3) is 4.63. The molecule has 0 saturated carbocycles.